The minimum absolute atomic E-state index is 0.338. The second kappa shape index (κ2) is 8.74. The van der Waals surface area contributed by atoms with Gasteiger partial charge < -0.3 is 5.32 Å². The van der Waals surface area contributed by atoms with Gasteiger partial charge in [0, 0.05) is 15.9 Å². The van der Waals surface area contributed by atoms with Crippen LogP contribution in [-0.2, 0) is 4.79 Å². The molecule has 2 aromatic carbocycles. The summed E-state index contributed by atoms with van der Waals surface area (Å²) in [6.45, 7) is 2.27. The van der Waals surface area contributed by atoms with Crippen LogP contribution in [0.3, 0.4) is 0 Å². The first-order valence-corrected chi connectivity index (χ1v) is 8.83. The highest BCUT2D eigenvalue weighted by molar-refractivity contribution is 9.10. The van der Waals surface area contributed by atoms with Crippen molar-refractivity contribution in [1.29, 1.82) is 0 Å². The number of carbonyl (C=O) groups excluding carboxylic acids is 2. The van der Waals surface area contributed by atoms with Crippen molar-refractivity contribution >= 4 is 39.6 Å². The summed E-state index contributed by atoms with van der Waals surface area (Å²) >= 11 is 4.80. The Morgan fingerprint density at radius 1 is 1.09 bits per heavy atom. The standard InChI is InChI=1S/C17H17BrN2O2S/c1-2-19-17(22)20-16(21)15(12-6-4-3-5-7-12)23-14-10-8-13(18)9-11-14/h3-11,15H,2H2,1H3,(H2,19,20,21,22)/t15-/m1/s1. The van der Waals surface area contributed by atoms with E-state index in [-0.39, 0.29) is 5.91 Å². The maximum Gasteiger partial charge on any atom is 0.321 e. The second-order valence-corrected chi connectivity index (χ2v) is 6.81. The molecule has 2 aromatic rings. The van der Waals surface area contributed by atoms with E-state index in [4.69, 9.17) is 0 Å². The number of benzene rings is 2. The van der Waals surface area contributed by atoms with Gasteiger partial charge in [-0.3, -0.25) is 10.1 Å². The maximum absolute atomic E-state index is 12.5. The molecule has 2 N–H and O–H groups in total. The molecule has 0 heterocycles. The summed E-state index contributed by atoms with van der Waals surface area (Å²) < 4.78 is 0.977. The van der Waals surface area contributed by atoms with Gasteiger partial charge in [0.15, 0.2) is 0 Å². The summed E-state index contributed by atoms with van der Waals surface area (Å²) in [5, 5.41) is 4.46. The first-order valence-electron chi connectivity index (χ1n) is 7.16. The molecule has 0 radical (unpaired) electrons. The van der Waals surface area contributed by atoms with Crippen molar-refractivity contribution in [2.75, 3.05) is 6.54 Å². The lowest BCUT2D eigenvalue weighted by Crippen LogP contribution is -2.41. The van der Waals surface area contributed by atoms with Crippen LogP contribution >= 0.6 is 27.7 Å². The number of thioether (sulfide) groups is 1. The normalized spacial score (nSPS) is 11.6. The third kappa shape index (κ3) is 5.41. The fraction of sp³-hybridized carbons (Fsp3) is 0.176. The number of rotatable bonds is 5. The molecule has 0 aliphatic carbocycles. The van der Waals surface area contributed by atoms with Crippen molar-refractivity contribution < 1.29 is 9.59 Å². The molecular weight excluding hydrogens is 376 g/mol. The average Bonchev–Trinajstić information content (AvgIpc) is 2.55. The summed E-state index contributed by atoms with van der Waals surface area (Å²) in [6, 6.07) is 16.7. The molecule has 4 nitrogen and oxygen atoms in total. The van der Waals surface area contributed by atoms with Crippen molar-refractivity contribution in [3.8, 4) is 0 Å². The largest absolute Gasteiger partial charge is 0.338 e. The minimum Gasteiger partial charge on any atom is -0.338 e. The van der Waals surface area contributed by atoms with Gasteiger partial charge in [-0.15, -0.1) is 11.8 Å². The quantitative estimate of drug-likeness (QED) is 0.752. The molecular formula is C17H17BrN2O2S. The highest BCUT2D eigenvalue weighted by atomic mass is 79.9. The predicted octanol–water partition coefficient (Wildman–Crippen LogP) is 4.13. The zero-order chi connectivity index (χ0) is 16.7. The lowest BCUT2D eigenvalue weighted by molar-refractivity contribution is -0.119. The van der Waals surface area contributed by atoms with E-state index in [0.717, 1.165) is 14.9 Å². The topological polar surface area (TPSA) is 58.2 Å². The SMILES string of the molecule is CCNC(=O)NC(=O)[C@H](Sc1ccc(Br)cc1)c1ccccc1. The Bertz CT molecular complexity index is 662. The fourth-order valence-corrected chi connectivity index (χ4v) is 3.22. The lowest BCUT2D eigenvalue weighted by atomic mass is 10.1. The van der Waals surface area contributed by atoms with Crippen LogP contribution in [0, 0.1) is 0 Å². The second-order valence-electron chi connectivity index (χ2n) is 4.71. The highest BCUT2D eigenvalue weighted by Gasteiger charge is 2.23. The molecule has 0 spiro atoms. The summed E-state index contributed by atoms with van der Waals surface area (Å²) in [5.41, 5.74) is 0.849. The van der Waals surface area contributed by atoms with E-state index in [1.807, 2.05) is 54.6 Å². The summed E-state index contributed by atoms with van der Waals surface area (Å²) in [7, 11) is 0. The zero-order valence-electron chi connectivity index (χ0n) is 12.6. The van der Waals surface area contributed by atoms with Crippen molar-refractivity contribution in [3.05, 3.63) is 64.6 Å². The van der Waals surface area contributed by atoms with Gasteiger partial charge in [0.25, 0.3) is 0 Å². The van der Waals surface area contributed by atoms with Crippen LogP contribution in [-0.4, -0.2) is 18.5 Å². The van der Waals surface area contributed by atoms with Crippen molar-refractivity contribution in [2.45, 2.75) is 17.1 Å². The number of urea groups is 1. The Morgan fingerprint density at radius 2 is 1.74 bits per heavy atom. The summed E-state index contributed by atoms with van der Waals surface area (Å²) in [5.74, 6) is -0.338. The monoisotopic (exact) mass is 392 g/mol. The van der Waals surface area contributed by atoms with Crippen LogP contribution in [0.25, 0.3) is 0 Å². The van der Waals surface area contributed by atoms with Crippen molar-refractivity contribution in [1.82, 2.24) is 10.6 Å². The van der Waals surface area contributed by atoms with Crippen molar-refractivity contribution in [3.63, 3.8) is 0 Å². The Labute approximate surface area is 148 Å². The number of hydrogen-bond acceptors (Lipinski definition) is 3. The molecule has 3 amide bonds. The molecule has 0 bridgehead atoms. The molecule has 0 fully saturated rings. The van der Waals surface area contributed by atoms with E-state index < -0.39 is 11.3 Å². The molecule has 120 valence electrons. The Balaban J connectivity index is 2.20. The molecule has 0 unspecified atom stereocenters. The number of carbonyl (C=O) groups is 2. The molecule has 0 aliphatic rings. The van der Waals surface area contributed by atoms with Gasteiger partial charge in [0.05, 0.1) is 0 Å². The zero-order valence-corrected chi connectivity index (χ0v) is 15.0. The number of hydrogen-bond donors (Lipinski definition) is 2. The number of imide groups is 1. The molecule has 23 heavy (non-hydrogen) atoms. The number of halogens is 1. The minimum atomic E-state index is -0.500. The third-order valence-electron chi connectivity index (χ3n) is 2.98. The van der Waals surface area contributed by atoms with E-state index >= 15 is 0 Å². The molecule has 0 aromatic heterocycles. The van der Waals surface area contributed by atoms with E-state index in [0.29, 0.717) is 6.54 Å². The van der Waals surface area contributed by atoms with Gasteiger partial charge in [-0.25, -0.2) is 4.79 Å². The first kappa shape index (κ1) is 17.6. The van der Waals surface area contributed by atoms with Crippen LogP contribution in [0.5, 0.6) is 0 Å². The van der Waals surface area contributed by atoms with E-state index in [9.17, 15) is 9.59 Å². The molecule has 2 rings (SSSR count). The Morgan fingerprint density at radius 3 is 2.35 bits per heavy atom. The van der Waals surface area contributed by atoms with Gasteiger partial charge in [-0.2, -0.15) is 0 Å². The molecule has 0 saturated heterocycles. The lowest BCUT2D eigenvalue weighted by Gasteiger charge is -2.16. The molecule has 0 saturated carbocycles. The smallest absolute Gasteiger partial charge is 0.321 e. The third-order valence-corrected chi connectivity index (χ3v) is 4.78. The summed E-state index contributed by atoms with van der Waals surface area (Å²) in [6.07, 6.45) is 0. The van der Waals surface area contributed by atoms with Crippen molar-refractivity contribution in [2.24, 2.45) is 0 Å². The van der Waals surface area contributed by atoms with E-state index in [1.54, 1.807) is 6.92 Å². The van der Waals surface area contributed by atoms with Gasteiger partial charge in [-0.05, 0) is 36.8 Å². The van der Waals surface area contributed by atoms with Gasteiger partial charge in [-0.1, -0.05) is 46.3 Å². The maximum atomic E-state index is 12.5. The molecule has 1 atom stereocenters. The Kier molecular flexibility index (Phi) is 6.67. The Hall–Kier alpha value is -1.79. The predicted molar refractivity (Wildman–Crippen MR) is 96.4 cm³/mol. The van der Waals surface area contributed by atoms with Crippen LogP contribution < -0.4 is 10.6 Å². The van der Waals surface area contributed by atoms with E-state index in [2.05, 4.69) is 26.6 Å². The highest BCUT2D eigenvalue weighted by Crippen LogP contribution is 2.35. The van der Waals surface area contributed by atoms with Gasteiger partial charge in [0.2, 0.25) is 5.91 Å². The first-order chi connectivity index (χ1) is 11.1. The van der Waals surface area contributed by atoms with Crippen LogP contribution in [0.4, 0.5) is 4.79 Å². The van der Waals surface area contributed by atoms with Crippen LogP contribution in [0.2, 0.25) is 0 Å². The average molecular weight is 393 g/mol. The number of nitrogens with one attached hydrogen (secondary N) is 2. The van der Waals surface area contributed by atoms with E-state index in [1.165, 1.54) is 11.8 Å². The van der Waals surface area contributed by atoms with Gasteiger partial charge >= 0.3 is 6.03 Å². The van der Waals surface area contributed by atoms with Crippen LogP contribution in [0.1, 0.15) is 17.7 Å². The summed E-state index contributed by atoms with van der Waals surface area (Å²) in [4.78, 5) is 25.1. The van der Waals surface area contributed by atoms with Gasteiger partial charge in [0.1, 0.15) is 5.25 Å². The number of amides is 3. The molecule has 0 aliphatic heterocycles. The molecule has 6 heteroatoms. The fourth-order valence-electron chi connectivity index (χ4n) is 1.93. The van der Waals surface area contributed by atoms with Crippen LogP contribution in [0.15, 0.2) is 64.0 Å².